The maximum absolute atomic E-state index is 6.22. The maximum atomic E-state index is 6.22. The summed E-state index contributed by atoms with van der Waals surface area (Å²) in [6.07, 6.45) is 1.34. The molecular formula is C17H18N4O. The predicted molar refractivity (Wildman–Crippen MR) is 88.5 cm³/mol. The molecule has 0 spiro atoms. The van der Waals surface area contributed by atoms with Gasteiger partial charge in [-0.3, -0.25) is 4.90 Å². The van der Waals surface area contributed by atoms with Crippen LogP contribution in [0.2, 0.25) is 0 Å². The highest BCUT2D eigenvalue weighted by Crippen LogP contribution is 2.38. The first-order chi connectivity index (χ1) is 10.7. The number of aliphatic imine (C=N–C) groups is 1. The molecule has 1 aliphatic heterocycles. The van der Waals surface area contributed by atoms with Crippen molar-refractivity contribution in [2.75, 3.05) is 12.0 Å². The minimum atomic E-state index is -0.317. The summed E-state index contributed by atoms with van der Waals surface area (Å²) in [5.74, 6) is 1.68. The fourth-order valence-corrected chi connectivity index (χ4v) is 2.55. The van der Waals surface area contributed by atoms with E-state index in [2.05, 4.69) is 4.99 Å². The molecular weight excluding hydrogens is 276 g/mol. The molecule has 0 bridgehead atoms. The lowest BCUT2D eigenvalue weighted by Gasteiger charge is -2.34. The van der Waals surface area contributed by atoms with Crippen molar-refractivity contribution in [1.29, 1.82) is 0 Å². The first kappa shape index (κ1) is 14.0. The first-order valence-corrected chi connectivity index (χ1v) is 6.98. The average Bonchev–Trinajstić information content (AvgIpc) is 2.55. The SMILES string of the molecule is COc1ccccc1N1C(N)=CC(N)=N[C@H]1c1ccccc1. The molecule has 0 aliphatic carbocycles. The minimum absolute atomic E-state index is 0.317. The summed E-state index contributed by atoms with van der Waals surface area (Å²) >= 11 is 0. The lowest BCUT2D eigenvalue weighted by Crippen LogP contribution is -2.37. The highest BCUT2D eigenvalue weighted by molar-refractivity contribution is 5.94. The Morgan fingerprint density at radius 2 is 1.68 bits per heavy atom. The number of hydrogen-bond acceptors (Lipinski definition) is 5. The molecule has 0 unspecified atom stereocenters. The highest BCUT2D eigenvalue weighted by atomic mass is 16.5. The zero-order chi connectivity index (χ0) is 15.5. The van der Waals surface area contributed by atoms with Crippen LogP contribution in [-0.2, 0) is 0 Å². The molecule has 2 aromatic rings. The minimum Gasteiger partial charge on any atom is -0.495 e. The van der Waals surface area contributed by atoms with E-state index in [1.54, 1.807) is 13.2 Å². The van der Waals surface area contributed by atoms with Crippen molar-refractivity contribution in [1.82, 2.24) is 0 Å². The van der Waals surface area contributed by atoms with Crippen LogP contribution >= 0.6 is 0 Å². The molecule has 0 radical (unpaired) electrons. The second kappa shape index (κ2) is 5.81. The van der Waals surface area contributed by atoms with Crippen LogP contribution < -0.4 is 21.1 Å². The molecule has 112 valence electrons. The van der Waals surface area contributed by atoms with Crippen molar-refractivity contribution in [2.45, 2.75) is 6.17 Å². The molecule has 1 heterocycles. The zero-order valence-corrected chi connectivity index (χ0v) is 12.3. The number of nitrogens with two attached hydrogens (primary N) is 2. The topological polar surface area (TPSA) is 76.9 Å². The lowest BCUT2D eigenvalue weighted by molar-refractivity contribution is 0.413. The Bertz CT molecular complexity index is 724. The van der Waals surface area contributed by atoms with Gasteiger partial charge in [0.25, 0.3) is 0 Å². The molecule has 0 saturated heterocycles. The van der Waals surface area contributed by atoms with Gasteiger partial charge in [0.1, 0.15) is 17.4 Å². The largest absolute Gasteiger partial charge is 0.495 e. The molecule has 22 heavy (non-hydrogen) atoms. The molecule has 5 nitrogen and oxygen atoms in total. The molecule has 4 N–H and O–H groups in total. The number of ether oxygens (including phenoxy) is 1. The Hall–Kier alpha value is -2.95. The molecule has 1 atom stereocenters. The third-order valence-electron chi connectivity index (χ3n) is 3.53. The van der Waals surface area contributed by atoms with Crippen molar-refractivity contribution in [3.63, 3.8) is 0 Å². The van der Waals surface area contributed by atoms with E-state index < -0.39 is 0 Å². The molecule has 1 aliphatic rings. The van der Waals surface area contributed by atoms with Gasteiger partial charge in [-0.2, -0.15) is 0 Å². The van der Waals surface area contributed by atoms with Gasteiger partial charge >= 0.3 is 0 Å². The molecule has 0 amide bonds. The molecule has 3 rings (SSSR count). The summed E-state index contributed by atoms with van der Waals surface area (Å²) < 4.78 is 5.45. The van der Waals surface area contributed by atoms with Crippen LogP contribution in [0, 0.1) is 0 Å². The molecule has 0 aromatic heterocycles. The van der Waals surface area contributed by atoms with Gasteiger partial charge in [-0.15, -0.1) is 0 Å². The number of hydrogen-bond donors (Lipinski definition) is 2. The van der Waals surface area contributed by atoms with Crippen LogP contribution in [0.5, 0.6) is 5.75 Å². The van der Waals surface area contributed by atoms with Crippen LogP contribution in [0.4, 0.5) is 5.69 Å². The second-order valence-corrected chi connectivity index (χ2v) is 4.95. The van der Waals surface area contributed by atoms with Crippen LogP contribution in [0.1, 0.15) is 11.7 Å². The van der Waals surface area contributed by atoms with Crippen molar-refractivity contribution in [3.05, 3.63) is 72.1 Å². The van der Waals surface area contributed by atoms with Crippen LogP contribution in [0.3, 0.4) is 0 Å². The van der Waals surface area contributed by atoms with E-state index in [0.717, 1.165) is 17.0 Å². The smallest absolute Gasteiger partial charge is 0.155 e. The van der Waals surface area contributed by atoms with Gasteiger partial charge in [0.15, 0.2) is 6.17 Å². The number of anilines is 1. The van der Waals surface area contributed by atoms with Crippen LogP contribution in [-0.4, -0.2) is 12.9 Å². The number of amidine groups is 1. The Morgan fingerprint density at radius 1 is 1.00 bits per heavy atom. The van der Waals surface area contributed by atoms with Crippen molar-refractivity contribution in [2.24, 2.45) is 16.5 Å². The van der Waals surface area contributed by atoms with Gasteiger partial charge in [0, 0.05) is 6.08 Å². The summed E-state index contributed by atoms with van der Waals surface area (Å²) in [5.41, 5.74) is 14.0. The van der Waals surface area contributed by atoms with Gasteiger partial charge in [0.05, 0.1) is 12.8 Å². The van der Waals surface area contributed by atoms with Gasteiger partial charge in [0.2, 0.25) is 0 Å². The fourth-order valence-electron chi connectivity index (χ4n) is 2.55. The Kier molecular flexibility index (Phi) is 3.70. The number of benzene rings is 2. The molecule has 0 fully saturated rings. The van der Waals surface area contributed by atoms with Crippen molar-refractivity contribution >= 4 is 11.5 Å². The Labute approximate surface area is 129 Å². The van der Waals surface area contributed by atoms with E-state index in [0.29, 0.717) is 11.7 Å². The molecule has 2 aromatic carbocycles. The average molecular weight is 294 g/mol. The van der Waals surface area contributed by atoms with Gasteiger partial charge in [-0.1, -0.05) is 42.5 Å². The Balaban J connectivity index is 2.12. The summed E-state index contributed by atoms with van der Waals surface area (Å²) in [5, 5.41) is 0. The van der Waals surface area contributed by atoms with Gasteiger partial charge in [-0.25, -0.2) is 4.99 Å². The summed E-state index contributed by atoms with van der Waals surface area (Å²) in [4.78, 5) is 6.47. The first-order valence-electron chi connectivity index (χ1n) is 6.98. The van der Waals surface area contributed by atoms with E-state index in [9.17, 15) is 0 Å². The summed E-state index contributed by atoms with van der Waals surface area (Å²) in [7, 11) is 1.64. The number of methoxy groups -OCH3 is 1. The monoisotopic (exact) mass is 294 g/mol. The number of nitrogens with zero attached hydrogens (tertiary/aromatic N) is 2. The van der Waals surface area contributed by atoms with Gasteiger partial charge in [-0.05, 0) is 17.7 Å². The lowest BCUT2D eigenvalue weighted by atomic mass is 10.1. The maximum Gasteiger partial charge on any atom is 0.155 e. The van der Waals surface area contributed by atoms with Crippen LogP contribution in [0.15, 0.2) is 71.5 Å². The van der Waals surface area contributed by atoms with Crippen LogP contribution in [0.25, 0.3) is 0 Å². The third kappa shape index (κ3) is 2.48. The van der Waals surface area contributed by atoms with Crippen molar-refractivity contribution in [3.8, 4) is 5.75 Å². The normalized spacial score (nSPS) is 17.7. The van der Waals surface area contributed by atoms with Gasteiger partial charge < -0.3 is 16.2 Å². The molecule has 0 saturated carbocycles. The quantitative estimate of drug-likeness (QED) is 0.911. The fraction of sp³-hybridized carbons (Fsp3) is 0.118. The molecule has 5 heteroatoms. The zero-order valence-electron chi connectivity index (χ0n) is 12.3. The van der Waals surface area contributed by atoms with E-state index in [1.165, 1.54) is 0 Å². The van der Waals surface area contributed by atoms with E-state index in [1.807, 2.05) is 59.5 Å². The van der Waals surface area contributed by atoms with E-state index in [-0.39, 0.29) is 6.17 Å². The predicted octanol–water partition coefficient (Wildman–Crippen LogP) is 2.37. The third-order valence-corrected chi connectivity index (χ3v) is 3.53. The van der Waals surface area contributed by atoms with Crippen molar-refractivity contribution < 1.29 is 4.74 Å². The Morgan fingerprint density at radius 3 is 2.41 bits per heavy atom. The number of para-hydroxylation sites is 2. The number of rotatable bonds is 3. The standard InChI is InChI=1S/C17H18N4O/c1-22-14-10-6-5-9-13(14)21-16(19)11-15(18)20-17(21)12-7-3-2-4-8-12/h2-11,17H,19H2,1H3,(H2,18,20)/t17-/m1/s1. The highest BCUT2D eigenvalue weighted by Gasteiger charge is 2.27. The van der Waals surface area contributed by atoms with E-state index in [4.69, 9.17) is 16.2 Å². The summed E-state index contributed by atoms with van der Waals surface area (Å²) in [6.45, 7) is 0. The summed E-state index contributed by atoms with van der Waals surface area (Å²) in [6, 6.07) is 17.6. The second-order valence-electron chi connectivity index (χ2n) is 4.95. The van der Waals surface area contributed by atoms with E-state index >= 15 is 0 Å².